The summed E-state index contributed by atoms with van der Waals surface area (Å²) in [6.07, 6.45) is 0.728. The van der Waals surface area contributed by atoms with Crippen LogP contribution in [0.3, 0.4) is 0 Å². The highest BCUT2D eigenvalue weighted by molar-refractivity contribution is 7.71. The molecule has 7 nitrogen and oxygen atoms in total. The highest BCUT2D eigenvalue weighted by atomic mass is 35.5. The Morgan fingerprint density at radius 2 is 2.20 bits per heavy atom. The number of aryl methyl sites for hydroxylation is 1. The zero-order valence-corrected chi connectivity index (χ0v) is 16.2. The van der Waals surface area contributed by atoms with Crippen LogP contribution in [0.25, 0.3) is 0 Å². The number of halogens is 1. The molecule has 0 saturated heterocycles. The second-order valence-electron chi connectivity index (χ2n) is 5.97. The number of aromatic nitrogens is 3. The Morgan fingerprint density at radius 3 is 2.84 bits per heavy atom. The molecular weight excluding hydrogens is 362 g/mol. The van der Waals surface area contributed by atoms with Gasteiger partial charge in [-0.25, -0.2) is 0 Å². The van der Waals surface area contributed by atoms with Crippen LogP contribution in [0.2, 0.25) is 5.02 Å². The Kier molecular flexibility index (Phi) is 6.57. The number of ether oxygens (including phenoxy) is 1. The lowest BCUT2D eigenvalue weighted by Crippen LogP contribution is -3.07. The van der Waals surface area contributed by atoms with Crippen LogP contribution >= 0.6 is 23.8 Å². The SMILES string of the molecule is COc1ccc(Cl)cc1C[NH+](C)Cn1nc(CCC(N)=O)n(C)c1=S. The monoisotopic (exact) mass is 384 g/mol. The van der Waals surface area contributed by atoms with E-state index in [-0.39, 0.29) is 12.3 Å². The number of quaternary nitrogens is 1. The van der Waals surface area contributed by atoms with Gasteiger partial charge in [0, 0.05) is 30.5 Å². The second-order valence-corrected chi connectivity index (χ2v) is 6.77. The molecular formula is C16H23ClN5O2S+. The molecule has 1 unspecified atom stereocenters. The molecule has 25 heavy (non-hydrogen) atoms. The quantitative estimate of drug-likeness (QED) is 0.657. The van der Waals surface area contributed by atoms with Crippen LogP contribution in [0.15, 0.2) is 18.2 Å². The average Bonchev–Trinajstić information content (AvgIpc) is 2.81. The van der Waals surface area contributed by atoms with Gasteiger partial charge in [0.25, 0.3) is 0 Å². The molecule has 3 N–H and O–H groups in total. The Labute approximate surface area is 156 Å². The number of nitrogens with one attached hydrogen (secondary N) is 1. The van der Waals surface area contributed by atoms with Gasteiger partial charge in [0.15, 0.2) is 6.67 Å². The minimum atomic E-state index is -0.351. The van der Waals surface area contributed by atoms with E-state index in [9.17, 15) is 4.79 Å². The topological polar surface area (TPSA) is 79.5 Å². The van der Waals surface area contributed by atoms with Crippen molar-refractivity contribution in [3.8, 4) is 5.75 Å². The molecule has 1 heterocycles. The summed E-state index contributed by atoms with van der Waals surface area (Å²) in [4.78, 5) is 12.1. The van der Waals surface area contributed by atoms with Gasteiger partial charge < -0.3 is 19.9 Å². The zero-order chi connectivity index (χ0) is 18.6. The van der Waals surface area contributed by atoms with Crippen molar-refractivity contribution in [2.75, 3.05) is 14.2 Å². The molecule has 9 heteroatoms. The van der Waals surface area contributed by atoms with Crippen molar-refractivity contribution >= 4 is 29.7 Å². The predicted octanol–water partition coefficient (Wildman–Crippen LogP) is 0.703. The highest BCUT2D eigenvalue weighted by Crippen LogP contribution is 2.21. The van der Waals surface area contributed by atoms with E-state index in [0.29, 0.717) is 29.4 Å². The number of benzene rings is 1. The van der Waals surface area contributed by atoms with E-state index in [1.165, 1.54) is 0 Å². The minimum absolute atomic E-state index is 0.252. The third kappa shape index (κ3) is 5.04. The number of methoxy groups -OCH3 is 1. The van der Waals surface area contributed by atoms with Crippen molar-refractivity contribution < 1.29 is 14.4 Å². The molecule has 0 bridgehead atoms. The standard InChI is InChI=1S/C16H22ClN5O2S/c1-20(9-11-8-12(17)4-5-13(11)24-3)10-22-16(25)21(2)15(19-22)7-6-14(18)23/h4-5,8H,6-7,9-10H2,1-3H3,(H2,18,23)/p+1. The first-order chi connectivity index (χ1) is 11.8. The molecule has 2 aromatic rings. The number of hydrogen-bond donors (Lipinski definition) is 2. The molecule has 0 aliphatic carbocycles. The Hall–Kier alpha value is -1.90. The van der Waals surface area contributed by atoms with Gasteiger partial charge >= 0.3 is 0 Å². The maximum absolute atomic E-state index is 11.0. The molecule has 1 atom stereocenters. The minimum Gasteiger partial charge on any atom is -0.496 e. The van der Waals surface area contributed by atoms with Crippen LogP contribution in [0.4, 0.5) is 0 Å². The van der Waals surface area contributed by atoms with Crippen molar-refractivity contribution in [1.82, 2.24) is 14.3 Å². The van der Waals surface area contributed by atoms with Crippen LogP contribution in [0, 0.1) is 4.77 Å². The van der Waals surface area contributed by atoms with Gasteiger partial charge in [-0.1, -0.05) is 11.6 Å². The summed E-state index contributed by atoms with van der Waals surface area (Å²) in [5, 5.41) is 5.19. The molecule has 0 aliphatic rings. The summed E-state index contributed by atoms with van der Waals surface area (Å²) in [5.74, 6) is 1.20. The van der Waals surface area contributed by atoms with E-state index < -0.39 is 0 Å². The summed E-state index contributed by atoms with van der Waals surface area (Å²) in [5.41, 5.74) is 6.22. The fourth-order valence-corrected chi connectivity index (χ4v) is 3.02. The van der Waals surface area contributed by atoms with Crippen molar-refractivity contribution in [3.63, 3.8) is 0 Å². The van der Waals surface area contributed by atoms with Crippen LogP contribution < -0.4 is 15.4 Å². The fraction of sp³-hybridized carbons (Fsp3) is 0.438. The van der Waals surface area contributed by atoms with Crippen molar-refractivity contribution in [2.45, 2.75) is 26.1 Å². The van der Waals surface area contributed by atoms with Gasteiger partial charge in [0.2, 0.25) is 10.7 Å². The summed E-state index contributed by atoms with van der Waals surface area (Å²) in [6, 6.07) is 5.57. The number of primary amides is 1. The molecule has 2 rings (SSSR count). The zero-order valence-electron chi connectivity index (χ0n) is 14.6. The molecule has 1 amide bonds. The van der Waals surface area contributed by atoms with E-state index >= 15 is 0 Å². The molecule has 0 spiro atoms. The molecule has 1 aromatic heterocycles. The van der Waals surface area contributed by atoms with Crippen LogP contribution in [0.1, 0.15) is 17.8 Å². The van der Waals surface area contributed by atoms with Crippen LogP contribution in [-0.2, 0) is 31.5 Å². The van der Waals surface area contributed by atoms with Crippen LogP contribution in [0.5, 0.6) is 5.75 Å². The van der Waals surface area contributed by atoms with E-state index in [2.05, 4.69) is 5.10 Å². The highest BCUT2D eigenvalue weighted by Gasteiger charge is 2.14. The molecule has 0 saturated carbocycles. The Morgan fingerprint density at radius 1 is 1.48 bits per heavy atom. The van der Waals surface area contributed by atoms with E-state index in [4.69, 9.17) is 34.3 Å². The largest absolute Gasteiger partial charge is 0.496 e. The first-order valence-corrected chi connectivity index (χ1v) is 8.65. The predicted molar refractivity (Wildman–Crippen MR) is 98.1 cm³/mol. The number of carbonyl (C=O) groups is 1. The average molecular weight is 385 g/mol. The van der Waals surface area contributed by atoms with Gasteiger partial charge in [0.05, 0.1) is 14.2 Å². The van der Waals surface area contributed by atoms with Crippen molar-refractivity contribution in [2.24, 2.45) is 12.8 Å². The van der Waals surface area contributed by atoms with Gasteiger partial charge in [-0.2, -0.15) is 9.78 Å². The molecule has 1 aromatic carbocycles. The Bertz CT molecular complexity index is 817. The third-order valence-electron chi connectivity index (χ3n) is 3.88. The summed E-state index contributed by atoms with van der Waals surface area (Å²) >= 11 is 11.5. The summed E-state index contributed by atoms with van der Waals surface area (Å²) < 4.78 is 9.57. The maximum Gasteiger partial charge on any atom is 0.217 e. The Balaban J connectivity index is 2.12. The van der Waals surface area contributed by atoms with Crippen LogP contribution in [-0.4, -0.2) is 34.4 Å². The second kappa shape index (κ2) is 8.46. The van der Waals surface area contributed by atoms with E-state index in [1.54, 1.807) is 17.9 Å². The first-order valence-electron chi connectivity index (χ1n) is 7.86. The number of rotatable bonds is 8. The number of nitrogens with two attached hydrogens (primary N) is 1. The normalized spacial score (nSPS) is 12.2. The van der Waals surface area contributed by atoms with E-state index in [1.807, 2.05) is 30.8 Å². The fourth-order valence-electron chi connectivity index (χ4n) is 2.61. The lowest BCUT2D eigenvalue weighted by Gasteiger charge is -2.16. The number of nitrogens with zero attached hydrogens (tertiary/aromatic N) is 3. The number of hydrogen-bond acceptors (Lipinski definition) is 4. The molecule has 0 fully saturated rings. The molecule has 136 valence electrons. The molecule has 0 radical (unpaired) electrons. The van der Waals surface area contributed by atoms with E-state index in [0.717, 1.165) is 22.0 Å². The molecule has 0 aliphatic heterocycles. The third-order valence-corrected chi connectivity index (χ3v) is 4.60. The number of carbonyl (C=O) groups excluding carboxylic acids is 1. The lowest BCUT2D eigenvalue weighted by molar-refractivity contribution is -0.917. The van der Waals surface area contributed by atoms with Crippen molar-refractivity contribution in [1.29, 1.82) is 0 Å². The lowest BCUT2D eigenvalue weighted by atomic mass is 10.2. The van der Waals surface area contributed by atoms with Gasteiger partial charge in [0.1, 0.15) is 18.1 Å². The summed E-state index contributed by atoms with van der Waals surface area (Å²) in [7, 11) is 5.53. The van der Waals surface area contributed by atoms with Crippen molar-refractivity contribution in [3.05, 3.63) is 39.4 Å². The number of amides is 1. The maximum atomic E-state index is 11.0. The smallest absolute Gasteiger partial charge is 0.217 e. The summed E-state index contributed by atoms with van der Waals surface area (Å²) in [6.45, 7) is 1.29. The first kappa shape index (κ1) is 19.4. The van der Waals surface area contributed by atoms with Gasteiger partial charge in [-0.05, 0) is 30.4 Å². The van der Waals surface area contributed by atoms with Gasteiger partial charge in [-0.3, -0.25) is 4.79 Å². The van der Waals surface area contributed by atoms with Gasteiger partial charge in [-0.15, -0.1) is 0 Å².